The lowest BCUT2D eigenvalue weighted by Crippen LogP contribution is -2.47. The summed E-state index contributed by atoms with van der Waals surface area (Å²) >= 11 is 0. The Morgan fingerprint density at radius 2 is 2.00 bits per heavy atom. The number of carbonyl (C=O) groups excluding carboxylic acids is 1. The SMILES string of the molecule is CCN1CCN(c2nc(C)cc(C(=O)NC3CC3)n2)CC1. The van der Waals surface area contributed by atoms with Crippen LogP contribution in [0.2, 0.25) is 0 Å². The molecule has 1 aromatic rings. The van der Waals surface area contributed by atoms with Gasteiger partial charge in [-0.15, -0.1) is 0 Å². The monoisotopic (exact) mass is 289 g/mol. The van der Waals surface area contributed by atoms with Crippen LogP contribution in [0.4, 0.5) is 5.95 Å². The highest BCUT2D eigenvalue weighted by atomic mass is 16.2. The van der Waals surface area contributed by atoms with Crippen molar-refractivity contribution in [2.75, 3.05) is 37.6 Å². The van der Waals surface area contributed by atoms with E-state index in [2.05, 4.69) is 32.0 Å². The largest absolute Gasteiger partial charge is 0.348 e. The first-order chi connectivity index (χ1) is 10.2. The van der Waals surface area contributed by atoms with Crippen LogP contribution in [0.1, 0.15) is 35.9 Å². The molecule has 1 saturated heterocycles. The topological polar surface area (TPSA) is 61.4 Å². The minimum Gasteiger partial charge on any atom is -0.348 e. The van der Waals surface area contributed by atoms with E-state index in [0.29, 0.717) is 17.7 Å². The lowest BCUT2D eigenvalue weighted by Gasteiger charge is -2.34. The third-order valence-electron chi connectivity index (χ3n) is 4.09. The van der Waals surface area contributed by atoms with Gasteiger partial charge in [-0.25, -0.2) is 9.97 Å². The van der Waals surface area contributed by atoms with Crippen molar-refractivity contribution in [3.05, 3.63) is 17.5 Å². The van der Waals surface area contributed by atoms with Gasteiger partial charge in [0.05, 0.1) is 0 Å². The molecule has 0 atom stereocenters. The zero-order valence-electron chi connectivity index (χ0n) is 12.8. The van der Waals surface area contributed by atoms with Gasteiger partial charge in [-0.05, 0) is 32.4 Å². The summed E-state index contributed by atoms with van der Waals surface area (Å²) in [5, 5.41) is 2.99. The van der Waals surface area contributed by atoms with Crippen molar-refractivity contribution in [1.82, 2.24) is 20.2 Å². The summed E-state index contributed by atoms with van der Waals surface area (Å²) in [7, 11) is 0. The summed E-state index contributed by atoms with van der Waals surface area (Å²) in [6, 6.07) is 2.12. The maximum atomic E-state index is 12.2. The number of aromatic nitrogens is 2. The average molecular weight is 289 g/mol. The van der Waals surface area contributed by atoms with Gasteiger partial charge < -0.3 is 15.1 Å². The minimum absolute atomic E-state index is 0.0727. The molecule has 0 spiro atoms. The van der Waals surface area contributed by atoms with Crippen LogP contribution in [-0.2, 0) is 0 Å². The van der Waals surface area contributed by atoms with Crippen LogP contribution in [0.25, 0.3) is 0 Å². The van der Waals surface area contributed by atoms with Crippen molar-refractivity contribution in [1.29, 1.82) is 0 Å². The molecular weight excluding hydrogens is 266 g/mol. The van der Waals surface area contributed by atoms with Crippen molar-refractivity contribution in [2.45, 2.75) is 32.7 Å². The van der Waals surface area contributed by atoms with Gasteiger partial charge in [-0.3, -0.25) is 4.79 Å². The molecule has 6 heteroatoms. The molecular formula is C15H23N5O. The highest BCUT2D eigenvalue weighted by molar-refractivity contribution is 5.93. The molecule has 3 rings (SSSR count). The molecule has 114 valence electrons. The summed E-state index contributed by atoms with van der Waals surface area (Å²) in [5.41, 5.74) is 1.33. The number of carbonyl (C=O) groups is 1. The van der Waals surface area contributed by atoms with Crippen LogP contribution in [0.5, 0.6) is 0 Å². The Balaban J connectivity index is 1.72. The van der Waals surface area contributed by atoms with Gasteiger partial charge in [0, 0.05) is 37.9 Å². The fraction of sp³-hybridized carbons (Fsp3) is 0.667. The zero-order chi connectivity index (χ0) is 14.8. The molecule has 2 fully saturated rings. The second-order valence-corrected chi connectivity index (χ2v) is 5.86. The van der Waals surface area contributed by atoms with E-state index in [-0.39, 0.29) is 5.91 Å². The van der Waals surface area contributed by atoms with E-state index in [0.717, 1.165) is 51.3 Å². The molecule has 0 unspecified atom stereocenters. The molecule has 2 aliphatic rings. The van der Waals surface area contributed by atoms with Crippen LogP contribution in [0, 0.1) is 6.92 Å². The first-order valence-corrected chi connectivity index (χ1v) is 7.79. The van der Waals surface area contributed by atoms with Crippen molar-refractivity contribution in [3.63, 3.8) is 0 Å². The van der Waals surface area contributed by atoms with E-state index in [1.54, 1.807) is 6.07 Å². The van der Waals surface area contributed by atoms with Gasteiger partial charge >= 0.3 is 0 Å². The standard InChI is InChI=1S/C15H23N5O/c1-3-19-6-8-20(9-7-19)15-16-11(2)10-13(18-15)14(21)17-12-4-5-12/h10,12H,3-9H2,1-2H3,(H,17,21). The Morgan fingerprint density at radius 1 is 1.29 bits per heavy atom. The number of amides is 1. The number of piperazine rings is 1. The van der Waals surface area contributed by atoms with Crippen LogP contribution >= 0.6 is 0 Å². The number of hydrogen-bond donors (Lipinski definition) is 1. The molecule has 6 nitrogen and oxygen atoms in total. The Labute approximate surface area is 125 Å². The lowest BCUT2D eigenvalue weighted by atomic mass is 10.3. The molecule has 1 aromatic heterocycles. The van der Waals surface area contributed by atoms with E-state index in [9.17, 15) is 4.79 Å². The Hall–Kier alpha value is -1.69. The third-order valence-corrected chi connectivity index (χ3v) is 4.09. The number of likely N-dealkylation sites (N-methyl/N-ethyl adjacent to an activating group) is 1. The highest BCUT2D eigenvalue weighted by Crippen LogP contribution is 2.19. The van der Waals surface area contributed by atoms with Crippen LogP contribution < -0.4 is 10.2 Å². The van der Waals surface area contributed by atoms with E-state index in [1.807, 2.05) is 6.92 Å². The number of rotatable bonds is 4. The maximum Gasteiger partial charge on any atom is 0.270 e. The molecule has 1 saturated carbocycles. The van der Waals surface area contributed by atoms with Gasteiger partial charge in [0.1, 0.15) is 5.69 Å². The summed E-state index contributed by atoms with van der Waals surface area (Å²) in [5.74, 6) is 0.614. The van der Waals surface area contributed by atoms with E-state index < -0.39 is 0 Å². The molecule has 1 amide bonds. The van der Waals surface area contributed by atoms with Crippen LogP contribution in [0.15, 0.2) is 6.07 Å². The van der Waals surface area contributed by atoms with Crippen LogP contribution in [-0.4, -0.2) is 59.5 Å². The number of nitrogens with zero attached hydrogens (tertiary/aromatic N) is 4. The van der Waals surface area contributed by atoms with Gasteiger partial charge in [0.15, 0.2) is 0 Å². The normalized spacial score (nSPS) is 19.6. The summed E-state index contributed by atoms with van der Waals surface area (Å²) in [6.45, 7) is 9.06. The highest BCUT2D eigenvalue weighted by Gasteiger charge is 2.25. The molecule has 1 aliphatic carbocycles. The van der Waals surface area contributed by atoms with Crippen molar-refractivity contribution in [3.8, 4) is 0 Å². The predicted molar refractivity (Wildman–Crippen MR) is 81.6 cm³/mol. The maximum absolute atomic E-state index is 12.2. The van der Waals surface area contributed by atoms with Gasteiger partial charge in [-0.2, -0.15) is 0 Å². The second kappa shape index (κ2) is 5.97. The Kier molecular flexibility index (Phi) is 4.05. The minimum atomic E-state index is -0.0727. The second-order valence-electron chi connectivity index (χ2n) is 5.86. The number of hydrogen-bond acceptors (Lipinski definition) is 5. The number of anilines is 1. The quantitative estimate of drug-likeness (QED) is 0.889. The van der Waals surface area contributed by atoms with Gasteiger partial charge in [-0.1, -0.05) is 6.92 Å². The Bertz CT molecular complexity index is 521. The molecule has 0 aromatic carbocycles. The number of aryl methyl sites for hydroxylation is 1. The fourth-order valence-electron chi connectivity index (χ4n) is 2.56. The molecule has 2 heterocycles. The van der Waals surface area contributed by atoms with E-state index in [4.69, 9.17) is 0 Å². The summed E-state index contributed by atoms with van der Waals surface area (Å²) in [4.78, 5) is 25.7. The van der Waals surface area contributed by atoms with Crippen LogP contribution in [0.3, 0.4) is 0 Å². The smallest absolute Gasteiger partial charge is 0.270 e. The zero-order valence-corrected chi connectivity index (χ0v) is 12.8. The first-order valence-electron chi connectivity index (χ1n) is 7.79. The van der Waals surface area contributed by atoms with Crippen molar-refractivity contribution in [2.24, 2.45) is 0 Å². The number of nitrogens with one attached hydrogen (secondary N) is 1. The third kappa shape index (κ3) is 3.50. The molecule has 1 aliphatic heterocycles. The van der Waals surface area contributed by atoms with Crippen molar-refractivity contribution < 1.29 is 4.79 Å². The molecule has 0 radical (unpaired) electrons. The van der Waals surface area contributed by atoms with E-state index in [1.165, 1.54) is 0 Å². The summed E-state index contributed by atoms with van der Waals surface area (Å²) in [6.07, 6.45) is 2.17. The molecule has 1 N–H and O–H groups in total. The predicted octanol–water partition coefficient (Wildman–Crippen LogP) is 0.819. The fourth-order valence-corrected chi connectivity index (χ4v) is 2.56. The van der Waals surface area contributed by atoms with Gasteiger partial charge in [0.25, 0.3) is 5.91 Å². The van der Waals surface area contributed by atoms with Crippen molar-refractivity contribution >= 4 is 11.9 Å². The Morgan fingerprint density at radius 3 is 2.62 bits per heavy atom. The average Bonchev–Trinajstić information content (AvgIpc) is 3.30. The molecule has 21 heavy (non-hydrogen) atoms. The molecule has 0 bridgehead atoms. The summed E-state index contributed by atoms with van der Waals surface area (Å²) < 4.78 is 0. The lowest BCUT2D eigenvalue weighted by molar-refractivity contribution is 0.0946. The van der Waals surface area contributed by atoms with Gasteiger partial charge in [0.2, 0.25) is 5.95 Å². The first kappa shape index (κ1) is 14.3. The van der Waals surface area contributed by atoms with E-state index >= 15 is 0 Å².